The number of carbonyl (C=O) groups is 2. The van der Waals surface area contributed by atoms with Crippen LogP contribution in [0, 0.1) is 0 Å². The van der Waals surface area contributed by atoms with Gasteiger partial charge in [-0.25, -0.2) is 4.79 Å². The lowest BCUT2D eigenvalue weighted by atomic mass is 10.2. The van der Waals surface area contributed by atoms with Gasteiger partial charge in [0.25, 0.3) is 0 Å². The molecule has 0 fully saturated rings. The summed E-state index contributed by atoms with van der Waals surface area (Å²) in [7, 11) is -0.607. The Morgan fingerprint density at radius 1 is 1.22 bits per heavy atom. The van der Waals surface area contributed by atoms with Crippen molar-refractivity contribution in [3.8, 4) is 5.75 Å². The molecule has 1 aromatic carbocycles. The normalized spacial score (nSPS) is 13.4. The van der Waals surface area contributed by atoms with Gasteiger partial charge in [0.2, 0.25) is 0 Å². The first-order valence-corrected chi connectivity index (χ1v) is 13.9. The van der Waals surface area contributed by atoms with Crippen LogP contribution in [0.25, 0.3) is 0 Å². The Hall–Kier alpha value is -1.87. The summed E-state index contributed by atoms with van der Waals surface area (Å²) >= 11 is 6.17. The first-order chi connectivity index (χ1) is 14.9. The molecule has 0 aliphatic heterocycles. The van der Waals surface area contributed by atoms with E-state index in [1.54, 1.807) is 31.2 Å². The van der Waals surface area contributed by atoms with Crippen molar-refractivity contribution >= 4 is 31.9 Å². The van der Waals surface area contributed by atoms with Gasteiger partial charge in [-0.3, -0.25) is 10.1 Å². The Bertz CT molecular complexity index is 791. The van der Waals surface area contributed by atoms with Crippen molar-refractivity contribution in [2.75, 3.05) is 26.9 Å². The average molecular weight is 486 g/mol. The topological polar surface area (TPSA) is 83.1 Å². The van der Waals surface area contributed by atoms with Gasteiger partial charge in [-0.05, 0) is 43.6 Å². The van der Waals surface area contributed by atoms with Gasteiger partial charge < -0.3 is 18.6 Å². The zero-order chi connectivity index (χ0) is 24.4. The zero-order valence-corrected chi connectivity index (χ0v) is 21.9. The molecule has 0 saturated heterocycles. The van der Waals surface area contributed by atoms with E-state index < -0.39 is 26.3 Å². The zero-order valence-electron chi connectivity index (χ0n) is 20.1. The van der Waals surface area contributed by atoms with E-state index in [9.17, 15) is 9.59 Å². The van der Waals surface area contributed by atoms with Crippen LogP contribution in [0.5, 0.6) is 5.75 Å². The van der Waals surface area contributed by atoms with Crippen molar-refractivity contribution in [3.05, 3.63) is 41.1 Å². The second-order valence-electron chi connectivity index (χ2n) is 8.75. The molecular formula is C23H36ClNO6Si. The predicted molar refractivity (Wildman–Crippen MR) is 128 cm³/mol. The van der Waals surface area contributed by atoms with Crippen LogP contribution < -0.4 is 10.1 Å². The maximum Gasteiger partial charge on any atom is 0.334 e. The number of hydrogen-bond acceptors (Lipinski definition) is 7. The fraction of sp³-hybridized carbons (Fsp3) is 0.565. The van der Waals surface area contributed by atoms with Gasteiger partial charge >= 0.3 is 11.9 Å². The van der Waals surface area contributed by atoms with Crippen molar-refractivity contribution < 1.29 is 28.2 Å². The molecule has 32 heavy (non-hydrogen) atoms. The van der Waals surface area contributed by atoms with Crippen LogP contribution in [0.4, 0.5) is 0 Å². The minimum atomic E-state index is -1.94. The van der Waals surface area contributed by atoms with Gasteiger partial charge in [-0.15, -0.1) is 0 Å². The number of hydrogen-bond donors (Lipinski definition) is 1. The summed E-state index contributed by atoms with van der Waals surface area (Å²) in [6, 6.07) is 6.28. The Kier molecular flexibility index (Phi) is 11.4. The molecule has 0 saturated carbocycles. The van der Waals surface area contributed by atoms with E-state index in [2.05, 4.69) is 39.2 Å². The Labute approximate surface area is 197 Å². The molecule has 180 valence electrons. The molecule has 1 rings (SSSR count). The van der Waals surface area contributed by atoms with Crippen molar-refractivity contribution in [2.24, 2.45) is 0 Å². The third kappa shape index (κ3) is 9.32. The van der Waals surface area contributed by atoms with Crippen molar-refractivity contribution in [2.45, 2.75) is 58.3 Å². The van der Waals surface area contributed by atoms with E-state index in [1.165, 1.54) is 13.2 Å². The Balaban J connectivity index is 2.89. The molecule has 7 nitrogen and oxygen atoms in total. The number of para-hydroxylation sites is 1. The van der Waals surface area contributed by atoms with Crippen LogP contribution in [-0.4, -0.2) is 53.2 Å². The third-order valence-corrected chi connectivity index (χ3v) is 10.2. The molecule has 0 aromatic heterocycles. The number of methoxy groups -OCH3 is 1. The molecule has 1 aromatic rings. The number of carbonyl (C=O) groups excluding carboxylic acids is 2. The number of ether oxygens (including phenoxy) is 3. The largest absolute Gasteiger partial charge is 0.468 e. The van der Waals surface area contributed by atoms with Crippen LogP contribution in [0.3, 0.4) is 0 Å². The van der Waals surface area contributed by atoms with Crippen LogP contribution in [-0.2, 0) is 23.5 Å². The fourth-order valence-corrected chi connectivity index (χ4v) is 3.65. The quantitative estimate of drug-likeness (QED) is 0.198. The lowest BCUT2D eigenvalue weighted by molar-refractivity contribution is -0.143. The SMILES string of the molecule is CCOC(=O)/C=C(/CN[C@@H](CCO[Si](C)(C)C(C)(C)C)C(=O)OC)Oc1ccccc1Cl. The number of esters is 2. The molecule has 0 heterocycles. The number of benzene rings is 1. The maximum absolute atomic E-state index is 12.3. The minimum Gasteiger partial charge on any atom is -0.468 e. The van der Waals surface area contributed by atoms with E-state index >= 15 is 0 Å². The summed E-state index contributed by atoms with van der Waals surface area (Å²) in [5.74, 6) is -0.317. The second-order valence-corrected chi connectivity index (χ2v) is 14.0. The van der Waals surface area contributed by atoms with Crippen LogP contribution in [0.1, 0.15) is 34.1 Å². The summed E-state index contributed by atoms with van der Waals surface area (Å²) in [6.07, 6.45) is 1.65. The summed E-state index contributed by atoms with van der Waals surface area (Å²) in [4.78, 5) is 24.3. The smallest absolute Gasteiger partial charge is 0.334 e. The van der Waals surface area contributed by atoms with Crippen molar-refractivity contribution in [1.29, 1.82) is 0 Å². The van der Waals surface area contributed by atoms with Gasteiger partial charge in [0, 0.05) is 6.61 Å². The Morgan fingerprint density at radius 3 is 2.44 bits per heavy atom. The summed E-state index contributed by atoms with van der Waals surface area (Å²) in [5.41, 5.74) is 0. The Morgan fingerprint density at radius 2 is 1.88 bits per heavy atom. The molecular weight excluding hydrogens is 450 g/mol. The van der Waals surface area contributed by atoms with Crippen LogP contribution in [0.2, 0.25) is 23.2 Å². The van der Waals surface area contributed by atoms with Crippen LogP contribution in [0.15, 0.2) is 36.1 Å². The predicted octanol–water partition coefficient (Wildman–Crippen LogP) is 4.71. The first kappa shape index (κ1) is 28.2. The molecule has 0 aliphatic carbocycles. The van der Waals surface area contributed by atoms with Crippen molar-refractivity contribution in [3.63, 3.8) is 0 Å². The fourth-order valence-electron chi connectivity index (χ4n) is 2.42. The minimum absolute atomic E-state index is 0.0690. The summed E-state index contributed by atoms with van der Waals surface area (Å²) in [6.45, 7) is 13.2. The molecule has 9 heteroatoms. The lowest BCUT2D eigenvalue weighted by Crippen LogP contribution is -2.44. The van der Waals surface area contributed by atoms with Gasteiger partial charge in [0.05, 0.1) is 31.4 Å². The maximum atomic E-state index is 12.3. The molecule has 0 aliphatic rings. The summed E-state index contributed by atoms with van der Waals surface area (Å²) < 4.78 is 21.9. The van der Waals surface area contributed by atoms with E-state index in [-0.39, 0.29) is 23.9 Å². The highest BCUT2D eigenvalue weighted by molar-refractivity contribution is 6.74. The van der Waals surface area contributed by atoms with Crippen LogP contribution >= 0.6 is 11.6 Å². The lowest BCUT2D eigenvalue weighted by Gasteiger charge is -2.36. The second kappa shape index (κ2) is 13.0. The molecule has 0 spiro atoms. The highest BCUT2D eigenvalue weighted by Crippen LogP contribution is 2.36. The average Bonchev–Trinajstić information content (AvgIpc) is 2.70. The highest BCUT2D eigenvalue weighted by Gasteiger charge is 2.37. The van der Waals surface area contributed by atoms with E-state index in [0.717, 1.165) is 0 Å². The number of halogens is 1. The van der Waals surface area contributed by atoms with E-state index in [1.807, 2.05) is 0 Å². The molecule has 1 atom stereocenters. The summed E-state index contributed by atoms with van der Waals surface area (Å²) in [5, 5.41) is 3.57. The monoisotopic (exact) mass is 485 g/mol. The molecule has 0 unspecified atom stereocenters. The molecule has 1 N–H and O–H groups in total. The third-order valence-electron chi connectivity index (χ3n) is 5.33. The first-order valence-electron chi connectivity index (χ1n) is 10.7. The van der Waals surface area contributed by atoms with Gasteiger partial charge in [0.15, 0.2) is 8.32 Å². The number of rotatable bonds is 12. The highest BCUT2D eigenvalue weighted by atomic mass is 35.5. The van der Waals surface area contributed by atoms with Gasteiger partial charge in [-0.2, -0.15) is 0 Å². The van der Waals surface area contributed by atoms with Crippen molar-refractivity contribution in [1.82, 2.24) is 5.32 Å². The van der Waals surface area contributed by atoms with Gasteiger partial charge in [-0.1, -0.05) is 44.5 Å². The van der Waals surface area contributed by atoms with E-state index in [4.69, 9.17) is 30.2 Å². The molecule has 0 amide bonds. The molecule has 0 radical (unpaired) electrons. The standard InChI is InChI=1S/C23H36ClNO6Si/c1-8-29-21(26)15-17(31-20-12-10-9-11-18(20)24)16-25-19(22(27)28-5)13-14-30-32(6,7)23(2,3)4/h9-12,15,19,25H,8,13-14,16H2,1-7H3/b17-15-/t19-/m0/s1. The molecule has 0 bridgehead atoms. The van der Waals surface area contributed by atoms with E-state index in [0.29, 0.717) is 23.8 Å². The van der Waals surface area contributed by atoms with Gasteiger partial charge in [0.1, 0.15) is 17.6 Å². The number of nitrogens with one attached hydrogen (secondary N) is 1.